The van der Waals surface area contributed by atoms with Crippen LogP contribution in [0.2, 0.25) is 10.0 Å². The Hall–Kier alpha value is -1.51. The van der Waals surface area contributed by atoms with Gasteiger partial charge in [0.25, 0.3) is 5.84 Å². The summed E-state index contributed by atoms with van der Waals surface area (Å²) in [6.07, 6.45) is 0. The van der Waals surface area contributed by atoms with E-state index >= 15 is 0 Å². The molecular formula is C14H11Cl2N2+. The molecule has 0 aromatic heterocycles. The van der Waals surface area contributed by atoms with Gasteiger partial charge in [-0.15, -0.1) is 0 Å². The molecular weight excluding hydrogens is 267 g/mol. The molecule has 2 aromatic rings. The van der Waals surface area contributed by atoms with Crippen molar-refractivity contribution in [1.82, 2.24) is 0 Å². The van der Waals surface area contributed by atoms with Crippen LogP contribution in [0.25, 0.3) is 0 Å². The molecule has 18 heavy (non-hydrogen) atoms. The molecule has 2 N–H and O–H groups in total. The van der Waals surface area contributed by atoms with Gasteiger partial charge in [-0.2, -0.15) is 0 Å². The maximum absolute atomic E-state index is 6.22. The van der Waals surface area contributed by atoms with Crippen LogP contribution < -0.4 is 5.73 Å². The summed E-state index contributed by atoms with van der Waals surface area (Å²) in [6, 6.07) is 13.5. The van der Waals surface area contributed by atoms with Crippen molar-refractivity contribution in [3.63, 3.8) is 0 Å². The van der Waals surface area contributed by atoms with E-state index in [-0.39, 0.29) is 0 Å². The number of hydrogen-bond donors (Lipinski definition) is 1. The minimum Gasteiger partial charge on any atom is -0.286 e. The van der Waals surface area contributed by atoms with Crippen molar-refractivity contribution < 1.29 is 4.58 Å². The highest BCUT2D eigenvalue weighted by molar-refractivity contribution is 6.34. The monoisotopic (exact) mass is 277 g/mol. The van der Waals surface area contributed by atoms with Crippen molar-refractivity contribution in [3.8, 4) is 0 Å². The highest BCUT2D eigenvalue weighted by Gasteiger charge is 2.26. The van der Waals surface area contributed by atoms with Gasteiger partial charge in [0.15, 0.2) is 0 Å². The fourth-order valence-electron chi connectivity index (χ4n) is 2.22. The summed E-state index contributed by atoms with van der Waals surface area (Å²) in [5, 5.41) is 1.30. The van der Waals surface area contributed by atoms with Crippen molar-refractivity contribution in [3.05, 3.63) is 63.6 Å². The molecule has 0 amide bonds. The minimum atomic E-state index is 0.648. The van der Waals surface area contributed by atoms with Gasteiger partial charge < -0.3 is 0 Å². The maximum atomic E-state index is 6.22. The zero-order chi connectivity index (χ0) is 12.7. The summed E-state index contributed by atoms with van der Waals surface area (Å²) in [6.45, 7) is 0.724. The number of nitrogens with zero attached hydrogens (tertiary/aromatic N) is 1. The first-order valence-corrected chi connectivity index (χ1v) is 6.35. The SMILES string of the molecule is NC1=[N+](c2cc(Cl)ccc2Cl)Cc2ccccc21. The van der Waals surface area contributed by atoms with Crippen LogP contribution in [-0.2, 0) is 6.54 Å². The molecule has 0 fully saturated rings. The average Bonchev–Trinajstić information content (AvgIpc) is 2.71. The third-order valence-corrected chi connectivity index (χ3v) is 3.67. The summed E-state index contributed by atoms with van der Waals surface area (Å²) in [7, 11) is 0. The fourth-order valence-corrected chi connectivity index (χ4v) is 2.60. The first-order valence-electron chi connectivity index (χ1n) is 5.60. The van der Waals surface area contributed by atoms with E-state index in [0.29, 0.717) is 10.0 Å². The molecule has 0 saturated carbocycles. The maximum Gasteiger partial charge on any atom is 0.280 e. The van der Waals surface area contributed by atoms with Crippen molar-refractivity contribution >= 4 is 34.7 Å². The van der Waals surface area contributed by atoms with Gasteiger partial charge in [-0.05, 0) is 18.2 Å². The van der Waals surface area contributed by atoms with Crippen LogP contribution in [0.4, 0.5) is 5.69 Å². The lowest BCUT2D eigenvalue weighted by Crippen LogP contribution is -2.20. The van der Waals surface area contributed by atoms with Gasteiger partial charge in [0.05, 0.1) is 10.6 Å². The second-order valence-corrected chi connectivity index (χ2v) is 5.07. The minimum absolute atomic E-state index is 0.648. The Kier molecular flexibility index (Phi) is 2.77. The smallest absolute Gasteiger partial charge is 0.280 e. The van der Waals surface area contributed by atoms with Gasteiger partial charge in [0.2, 0.25) is 0 Å². The second-order valence-electron chi connectivity index (χ2n) is 4.22. The van der Waals surface area contributed by atoms with Gasteiger partial charge in [-0.3, -0.25) is 5.73 Å². The number of rotatable bonds is 1. The van der Waals surface area contributed by atoms with Crippen LogP contribution in [-0.4, -0.2) is 10.4 Å². The van der Waals surface area contributed by atoms with Crippen molar-refractivity contribution in [2.75, 3.05) is 0 Å². The van der Waals surface area contributed by atoms with Crippen LogP contribution in [0, 0.1) is 0 Å². The van der Waals surface area contributed by atoms with Gasteiger partial charge >= 0.3 is 0 Å². The van der Waals surface area contributed by atoms with E-state index in [2.05, 4.69) is 6.07 Å². The molecule has 1 heterocycles. The molecule has 0 aliphatic carbocycles. The third kappa shape index (κ3) is 1.78. The molecule has 0 saturated heterocycles. The lowest BCUT2D eigenvalue weighted by Gasteiger charge is -2.05. The zero-order valence-corrected chi connectivity index (χ0v) is 11.0. The van der Waals surface area contributed by atoms with Gasteiger partial charge in [0.1, 0.15) is 12.2 Å². The summed E-state index contributed by atoms with van der Waals surface area (Å²) in [5.41, 5.74) is 9.29. The first-order chi connectivity index (χ1) is 8.66. The number of amidine groups is 1. The van der Waals surface area contributed by atoms with Gasteiger partial charge in [0, 0.05) is 16.7 Å². The topological polar surface area (TPSA) is 29.0 Å². The standard InChI is InChI=1S/C14H10Cl2N2/c15-10-5-6-12(16)13(7-10)18-8-9-3-1-2-4-11(9)14(18)17/h1-7,17H,8H2/p+1. The predicted molar refractivity (Wildman–Crippen MR) is 74.8 cm³/mol. The first kappa shape index (κ1) is 11.6. The lowest BCUT2D eigenvalue weighted by molar-refractivity contribution is -0.453. The van der Waals surface area contributed by atoms with Crippen LogP contribution in [0.15, 0.2) is 42.5 Å². The molecule has 0 radical (unpaired) electrons. The molecule has 90 valence electrons. The Bertz CT molecular complexity index is 663. The second kappa shape index (κ2) is 4.30. The molecule has 1 aliphatic rings. The summed E-state index contributed by atoms with van der Waals surface area (Å²) in [5.74, 6) is 0.717. The van der Waals surface area contributed by atoms with Crippen LogP contribution in [0.5, 0.6) is 0 Å². The normalized spacial score (nSPS) is 13.9. The van der Waals surface area contributed by atoms with E-state index in [0.717, 1.165) is 23.6 Å². The fraction of sp³-hybridized carbons (Fsp3) is 0.0714. The lowest BCUT2D eigenvalue weighted by atomic mass is 10.1. The van der Waals surface area contributed by atoms with Gasteiger partial charge in [-0.1, -0.05) is 41.4 Å². The van der Waals surface area contributed by atoms with E-state index in [1.807, 2.05) is 28.8 Å². The van der Waals surface area contributed by atoms with Gasteiger partial charge in [-0.25, -0.2) is 4.58 Å². The molecule has 0 unspecified atom stereocenters. The molecule has 4 heteroatoms. The number of fused-ring (bicyclic) bond motifs is 1. The zero-order valence-electron chi connectivity index (χ0n) is 9.53. The third-order valence-electron chi connectivity index (χ3n) is 3.11. The van der Waals surface area contributed by atoms with Crippen LogP contribution in [0.3, 0.4) is 0 Å². The molecule has 0 spiro atoms. The van der Waals surface area contributed by atoms with Crippen LogP contribution >= 0.6 is 23.2 Å². The quantitative estimate of drug-likeness (QED) is 0.794. The molecule has 1 aliphatic heterocycles. The number of nitrogens with two attached hydrogens (primary N) is 1. The largest absolute Gasteiger partial charge is 0.286 e. The van der Waals surface area contributed by atoms with E-state index in [1.165, 1.54) is 5.56 Å². The number of benzene rings is 2. The predicted octanol–water partition coefficient (Wildman–Crippen LogP) is 3.56. The van der Waals surface area contributed by atoms with E-state index in [4.69, 9.17) is 28.9 Å². The molecule has 0 atom stereocenters. The molecule has 2 nitrogen and oxygen atoms in total. The highest BCUT2D eigenvalue weighted by Crippen LogP contribution is 2.31. The van der Waals surface area contributed by atoms with Crippen molar-refractivity contribution in [1.29, 1.82) is 0 Å². The average molecular weight is 278 g/mol. The number of halogens is 2. The molecule has 0 bridgehead atoms. The van der Waals surface area contributed by atoms with E-state index in [1.54, 1.807) is 12.1 Å². The summed E-state index contributed by atoms with van der Waals surface area (Å²) < 4.78 is 1.98. The Labute approximate surface area is 115 Å². The van der Waals surface area contributed by atoms with E-state index < -0.39 is 0 Å². The Morgan fingerprint density at radius 1 is 1.06 bits per heavy atom. The molecule has 3 rings (SSSR count). The summed E-state index contributed by atoms with van der Waals surface area (Å²) in [4.78, 5) is 0. The number of hydrogen-bond acceptors (Lipinski definition) is 1. The van der Waals surface area contributed by atoms with Crippen molar-refractivity contribution in [2.45, 2.75) is 6.54 Å². The van der Waals surface area contributed by atoms with Crippen LogP contribution in [0.1, 0.15) is 11.1 Å². The van der Waals surface area contributed by atoms with Crippen molar-refractivity contribution in [2.24, 2.45) is 5.73 Å². The summed E-state index contributed by atoms with van der Waals surface area (Å²) >= 11 is 12.2. The Balaban J connectivity index is 2.16. The van der Waals surface area contributed by atoms with E-state index in [9.17, 15) is 0 Å². The Morgan fingerprint density at radius 2 is 1.83 bits per heavy atom. The highest BCUT2D eigenvalue weighted by atomic mass is 35.5. The molecule has 2 aromatic carbocycles. The Morgan fingerprint density at radius 3 is 2.61 bits per heavy atom.